The summed E-state index contributed by atoms with van der Waals surface area (Å²) in [4.78, 5) is 16.4. The van der Waals surface area contributed by atoms with Gasteiger partial charge in [0.2, 0.25) is 5.91 Å². The fourth-order valence-corrected chi connectivity index (χ4v) is 2.85. The van der Waals surface area contributed by atoms with Crippen LogP contribution in [0.25, 0.3) is 0 Å². The molecule has 3 heterocycles. The van der Waals surface area contributed by atoms with Crippen molar-refractivity contribution in [3.63, 3.8) is 0 Å². The first-order chi connectivity index (χ1) is 11.2. The molecule has 0 radical (unpaired) electrons. The van der Waals surface area contributed by atoms with E-state index in [1.165, 1.54) is 12.0 Å². The molecule has 2 aromatic heterocycles. The standard InChI is InChI=1S/C15H23N7O/c1-3-21-15(17-10-18-21)11(2)19-14(23)5-4-12-8-13-9-16-6-7-22(13)20-12/h8,10-11,16H,3-7,9H2,1-2H3,(H,19,23)/t11-/m0/s1. The number of aromatic nitrogens is 5. The monoisotopic (exact) mass is 317 g/mol. The molecule has 2 aromatic rings. The van der Waals surface area contributed by atoms with Crippen molar-refractivity contribution in [2.45, 2.75) is 52.4 Å². The fraction of sp³-hybridized carbons (Fsp3) is 0.600. The number of amides is 1. The van der Waals surface area contributed by atoms with E-state index in [1.807, 2.05) is 18.5 Å². The van der Waals surface area contributed by atoms with Crippen LogP contribution in [0, 0.1) is 0 Å². The molecule has 0 bridgehead atoms. The number of rotatable bonds is 6. The molecule has 1 amide bonds. The van der Waals surface area contributed by atoms with Crippen molar-refractivity contribution < 1.29 is 4.79 Å². The minimum atomic E-state index is -0.149. The molecule has 124 valence electrons. The number of hydrogen-bond donors (Lipinski definition) is 2. The zero-order chi connectivity index (χ0) is 16.2. The van der Waals surface area contributed by atoms with E-state index in [-0.39, 0.29) is 11.9 Å². The van der Waals surface area contributed by atoms with Gasteiger partial charge in [-0.1, -0.05) is 0 Å². The lowest BCUT2D eigenvalue weighted by Crippen LogP contribution is -2.29. The highest BCUT2D eigenvalue weighted by Crippen LogP contribution is 2.11. The zero-order valence-corrected chi connectivity index (χ0v) is 13.6. The second kappa shape index (κ2) is 6.91. The predicted octanol–water partition coefficient (Wildman–Crippen LogP) is 0.408. The minimum absolute atomic E-state index is 0.00671. The third-order valence-electron chi connectivity index (χ3n) is 4.04. The van der Waals surface area contributed by atoms with Gasteiger partial charge in [-0.15, -0.1) is 0 Å². The van der Waals surface area contributed by atoms with Crippen LogP contribution in [0.1, 0.15) is 43.5 Å². The van der Waals surface area contributed by atoms with Gasteiger partial charge in [-0.05, 0) is 19.9 Å². The van der Waals surface area contributed by atoms with Crippen LogP contribution in [0.5, 0.6) is 0 Å². The summed E-state index contributed by atoms with van der Waals surface area (Å²) in [5.41, 5.74) is 2.17. The maximum atomic E-state index is 12.1. The highest BCUT2D eigenvalue weighted by atomic mass is 16.1. The van der Waals surface area contributed by atoms with Crippen molar-refractivity contribution in [1.29, 1.82) is 0 Å². The second-order valence-corrected chi connectivity index (χ2v) is 5.75. The van der Waals surface area contributed by atoms with Gasteiger partial charge in [-0.25, -0.2) is 9.67 Å². The highest BCUT2D eigenvalue weighted by Gasteiger charge is 2.16. The van der Waals surface area contributed by atoms with Gasteiger partial charge in [0, 0.05) is 32.5 Å². The van der Waals surface area contributed by atoms with Gasteiger partial charge in [0.1, 0.15) is 12.2 Å². The first-order valence-corrected chi connectivity index (χ1v) is 8.10. The zero-order valence-electron chi connectivity index (χ0n) is 13.6. The van der Waals surface area contributed by atoms with Crippen LogP contribution >= 0.6 is 0 Å². The summed E-state index contributed by atoms with van der Waals surface area (Å²) in [6, 6.07) is 1.93. The van der Waals surface area contributed by atoms with Crippen LogP contribution in [0.3, 0.4) is 0 Å². The molecule has 1 aliphatic heterocycles. The number of carbonyl (C=O) groups is 1. The third-order valence-corrected chi connectivity index (χ3v) is 4.04. The second-order valence-electron chi connectivity index (χ2n) is 5.75. The number of aryl methyl sites for hydroxylation is 2. The van der Waals surface area contributed by atoms with Gasteiger partial charge in [0.05, 0.1) is 24.0 Å². The Hall–Kier alpha value is -2.22. The lowest BCUT2D eigenvalue weighted by Gasteiger charge is -2.13. The number of hydrogen-bond acceptors (Lipinski definition) is 5. The average molecular weight is 317 g/mol. The van der Waals surface area contributed by atoms with Crippen LogP contribution in [-0.4, -0.2) is 37.0 Å². The van der Waals surface area contributed by atoms with Gasteiger partial charge in [-0.3, -0.25) is 9.48 Å². The van der Waals surface area contributed by atoms with E-state index in [9.17, 15) is 4.79 Å². The maximum Gasteiger partial charge on any atom is 0.220 e. The van der Waals surface area contributed by atoms with Crippen molar-refractivity contribution in [3.8, 4) is 0 Å². The SMILES string of the molecule is CCn1ncnc1[C@H](C)NC(=O)CCc1cc2n(n1)CCNC2. The molecule has 0 aliphatic carbocycles. The number of nitrogens with one attached hydrogen (secondary N) is 2. The Balaban J connectivity index is 1.52. The summed E-state index contributed by atoms with van der Waals surface area (Å²) < 4.78 is 3.82. The highest BCUT2D eigenvalue weighted by molar-refractivity contribution is 5.76. The van der Waals surface area contributed by atoms with Crippen molar-refractivity contribution in [2.75, 3.05) is 6.54 Å². The quantitative estimate of drug-likeness (QED) is 0.805. The first kappa shape index (κ1) is 15.7. The summed E-state index contributed by atoms with van der Waals surface area (Å²) in [5.74, 6) is 0.789. The van der Waals surface area contributed by atoms with Gasteiger partial charge in [0.25, 0.3) is 0 Å². The van der Waals surface area contributed by atoms with E-state index in [1.54, 1.807) is 4.68 Å². The smallest absolute Gasteiger partial charge is 0.220 e. The molecular weight excluding hydrogens is 294 g/mol. The molecule has 8 nitrogen and oxygen atoms in total. The number of nitrogens with zero attached hydrogens (tertiary/aromatic N) is 5. The molecule has 3 rings (SSSR count). The topological polar surface area (TPSA) is 89.7 Å². The van der Waals surface area contributed by atoms with Crippen LogP contribution in [0.4, 0.5) is 0 Å². The maximum absolute atomic E-state index is 12.1. The van der Waals surface area contributed by atoms with Gasteiger partial charge < -0.3 is 10.6 Å². The van der Waals surface area contributed by atoms with E-state index in [0.717, 1.165) is 37.7 Å². The Morgan fingerprint density at radius 3 is 3.17 bits per heavy atom. The average Bonchev–Trinajstić information content (AvgIpc) is 3.18. The van der Waals surface area contributed by atoms with Crippen molar-refractivity contribution in [2.24, 2.45) is 0 Å². The molecule has 0 saturated heterocycles. The molecule has 0 unspecified atom stereocenters. The molecular formula is C15H23N7O. The molecule has 2 N–H and O–H groups in total. The summed E-state index contributed by atoms with van der Waals surface area (Å²) >= 11 is 0. The first-order valence-electron chi connectivity index (χ1n) is 8.10. The number of carbonyl (C=O) groups excluding carboxylic acids is 1. The van der Waals surface area contributed by atoms with Crippen LogP contribution in [0.15, 0.2) is 12.4 Å². The molecule has 0 saturated carbocycles. The molecule has 0 fully saturated rings. The van der Waals surface area contributed by atoms with Crippen molar-refractivity contribution in [3.05, 3.63) is 29.6 Å². The molecule has 0 aromatic carbocycles. The molecule has 1 aliphatic rings. The van der Waals surface area contributed by atoms with E-state index in [4.69, 9.17) is 0 Å². The minimum Gasteiger partial charge on any atom is -0.346 e. The van der Waals surface area contributed by atoms with E-state index >= 15 is 0 Å². The molecule has 0 spiro atoms. The third kappa shape index (κ3) is 3.58. The predicted molar refractivity (Wildman–Crippen MR) is 84.5 cm³/mol. The molecule has 23 heavy (non-hydrogen) atoms. The van der Waals surface area contributed by atoms with Gasteiger partial charge >= 0.3 is 0 Å². The largest absolute Gasteiger partial charge is 0.346 e. The Bertz CT molecular complexity index is 652. The van der Waals surface area contributed by atoms with Crippen molar-refractivity contribution in [1.82, 2.24) is 35.2 Å². The summed E-state index contributed by atoms with van der Waals surface area (Å²) in [7, 11) is 0. The number of fused-ring (bicyclic) bond motifs is 1. The van der Waals surface area contributed by atoms with E-state index in [0.29, 0.717) is 12.8 Å². The fourth-order valence-electron chi connectivity index (χ4n) is 2.85. The summed E-state index contributed by atoms with van der Waals surface area (Å²) in [6.45, 7) is 7.36. The Morgan fingerprint density at radius 1 is 1.52 bits per heavy atom. The Labute approximate surface area is 135 Å². The normalized spacial score (nSPS) is 15.2. The van der Waals surface area contributed by atoms with Crippen LogP contribution < -0.4 is 10.6 Å². The summed E-state index contributed by atoms with van der Waals surface area (Å²) in [5, 5.41) is 15.0. The molecule has 8 heteroatoms. The van der Waals surface area contributed by atoms with Gasteiger partial charge in [0.15, 0.2) is 0 Å². The summed E-state index contributed by atoms with van der Waals surface area (Å²) in [6.07, 6.45) is 2.60. The van der Waals surface area contributed by atoms with E-state index < -0.39 is 0 Å². The van der Waals surface area contributed by atoms with Gasteiger partial charge in [-0.2, -0.15) is 10.2 Å². The Morgan fingerprint density at radius 2 is 2.39 bits per heavy atom. The lowest BCUT2D eigenvalue weighted by molar-refractivity contribution is -0.121. The lowest BCUT2D eigenvalue weighted by atomic mass is 10.2. The molecule has 1 atom stereocenters. The Kier molecular flexibility index (Phi) is 4.71. The van der Waals surface area contributed by atoms with Crippen LogP contribution in [0.2, 0.25) is 0 Å². The van der Waals surface area contributed by atoms with Crippen LogP contribution in [-0.2, 0) is 30.8 Å². The van der Waals surface area contributed by atoms with Crippen molar-refractivity contribution >= 4 is 5.91 Å². The van der Waals surface area contributed by atoms with E-state index in [2.05, 4.69) is 31.9 Å².